The first-order valence-corrected chi connectivity index (χ1v) is 6.46. The molecule has 1 N–H and O–H groups in total. The van der Waals surface area contributed by atoms with Crippen molar-refractivity contribution >= 4 is 12.0 Å². The number of ether oxygens (including phenoxy) is 2. The number of benzene rings is 2. The number of carbonyl (C=O) groups excluding carboxylic acids is 1. The normalized spacial score (nSPS) is 10.5. The van der Waals surface area contributed by atoms with E-state index in [0.717, 1.165) is 5.56 Å². The zero-order chi connectivity index (χ0) is 15.1. The number of phenolic OH excluding ortho intramolecular Hbond substituents is 1. The van der Waals surface area contributed by atoms with Gasteiger partial charge < -0.3 is 14.6 Å². The molecule has 0 aliphatic heterocycles. The van der Waals surface area contributed by atoms with Crippen LogP contribution in [-0.4, -0.2) is 24.8 Å². The molecule has 0 aliphatic rings. The fourth-order valence-electron chi connectivity index (χ4n) is 1.76. The molecule has 0 atom stereocenters. The van der Waals surface area contributed by atoms with Crippen molar-refractivity contribution in [2.75, 3.05) is 13.7 Å². The first kappa shape index (κ1) is 14.7. The van der Waals surface area contributed by atoms with E-state index in [0.29, 0.717) is 11.3 Å². The van der Waals surface area contributed by atoms with Gasteiger partial charge in [-0.2, -0.15) is 0 Å². The molecule has 108 valence electrons. The van der Waals surface area contributed by atoms with E-state index in [1.54, 1.807) is 54.6 Å². The fourth-order valence-corrected chi connectivity index (χ4v) is 1.76. The quantitative estimate of drug-likeness (QED) is 0.856. The number of rotatable bonds is 5. The maximum absolute atomic E-state index is 11.7. The molecule has 0 amide bonds. The van der Waals surface area contributed by atoms with Gasteiger partial charge in [-0.05, 0) is 35.9 Å². The molecule has 0 bridgehead atoms. The largest absolute Gasteiger partial charge is 0.504 e. The van der Waals surface area contributed by atoms with Crippen molar-refractivity contribution < 1.29 is 19.4 Å². The van der Waals surface area contributed by atoms with Gasteiger partial charge in [0.25, 0.3) is 0 Å². The first-order chi connectivity index (χ1) is 10.2. The summed E-state index contributed by atoms with van der Waals surface area (Å²) in [5.74, 6) is 0.132. The lowest BCUT2D eigenvalue weighted by atomic mass is 10.2. The Kier molecular flexibility index (Phi) is 4.99. The van der Waals surface area contributed by atoms with E-state index in [2.05, 4.69) is 0 Å². The highest BCUT2D eigenvalue weighted by Crippen LogP contribution is 2.26. The average molecular weight is 284 g/mol. The fraction of sp³-hybridized carbons (Fsp3) is 0.118. The summed E-state index contributed by atoms with van der Waals surface area (Å²) in [6, 6.07) is 13.8. The molecule has 0 unspecified atom stereocenters. The third kappa shape index (κ3) is 4.11. The molecule has 0 spiro atoms. The van der Waals surface area contributed by atoms with Crippen molar-refractivity contribution in [2.45, 2.75) is 0 Å². The van der Waals surface area contributed by atoms with Gasteiger partial charge in [0, 0.05) is 0 Å². The summed E-state index contributed by atoms with van der Waals surface area (Å²) >= 11 is 0. The Labute approximate surface area is 123 Å². The molecule has 0 heterocycles. The predicted molar refractivity (Wildman–Crippen MR) is 80.4 cm³/mol. The Hall–Kier alpha value is -2.75. The van der Waals surface area contributed by atoms with Crippen LogP contribution in [-0.2, 0) is 4.74 Å². The Morgan fingerprint density at radius 3 is 2.67 bits per heavy atom. The van der Waals surface area contributed by atoms with E-state index >= 15 is 0 Å². The molecular formula is C17H16O4. The van der Waals surface area contributed by atoms with Gasteiger partial charge in [0.2, 0.25) is 0 Å². The molecule has 0 aliphatic carbocycles. The van der Waals surface area contributed by atoms with E-state index < -0.39 is 0 Å². The van der Waals surface area contributed by atoms with Crippen LogP contribution < -0.4 is 4.74 Å². The minimum Gasteiger partial charge on any atom is -0.504 e. The molecule has 2 aromatic rings. The number of hydrogen-bond acceptors (Lipinski definition) is 4. The third-order valence-corrected chi connectivity index (χ3v) is 2.83. The third-order valence-electron chi connectivity index (χ3n) is 2.83. The summed E-state index contributed by atoms with van der Waals surface area (Å²) in [5.41, 5.74) is 1.37. The molecule has 0 saturated carbocycles. The monoisotopic (exact) mass is 284 g/mol. The van der Waals surface area contributed by atoms with E-state index in [9.17, 15) is 9.90 Å². The van der Waals surface area contributed by atoms with E-state index in [1.165, 1.54) is 7.11 Å². The average Bonchev–Trinajstić information content (AvgIpc) is 2.53. The molecular weight excluding hydrogens is 268 g/mol. The summed E-state index contributed by atoms with van der Waals surface area (Å²) in [6.07, 6.45) is 3.52. The smallest absolute Gasteiger partial charge is 0.338 e. The van der Waals surface area contributed by atoms with Crippen molar-refractivity contribution in [3.05, 3.63) is 65.7 Å². The van der Waals surface area contributed by atoms with Crippen LogP contribution in [0.2, 0.25) is 0 Å². The SMILES string of the molecule is COc1cc(/C=C/COC(=O)c2ccccc2)ccc1O. The number of esters is 1. The van der Waals surface area contributed by atoms with Crippen molar-refractivity contribution in [3.8, 4) is 11.5 Å². The van der Waals surface area contributed by atoms with Gasteiger partial charge in [0.05, 0.1) is 12.7 Å². The second-order valence-electron chi connectivity index (χ2n) is 4.30. The number of carbonyl (C=O) groups is 1. The van der Waals surface area contributed by atoms with Crippen molar-refractivity contribution in [1.82, 2.24) is 0 Å². The summed E-state index contributed by atoms with van der Waals surface area (Å²) < 4.78 is 10.1. The van der Waals surface area contributed by atoms with Crippen LogP contribution in [0.3, 0.4) is 0 Å². The second kappa shape index (κ2) is 7.14. The van der Waals surface area contributed by atoms with Crippen LogP contribution in [0.4, 0.5) is 0 Å². The highest BCUT2D eigenvalue weighted by molar-refractivity contribution is 5.89. The molecule has 0 fully saturated rings. The van der Waals surface area contributed by atoms with Gasteiger partial charge in [-0.3, -0.25) is 0 Å². The number of methoxy groups -OCH3 is 1. The molecule has 4 nitrogen and oxygen atoms in total. The summed E-state index contributed by atoms with van der Waals surface area (Å²) in [4.78, 5) is 11.7. The van der Waals surface area contributed by atoms with Gasteiger partial charge in [-0.25, -0.2) is 4.79 Å². The number of phenols is 1. The maximum atomic E-state index is 11.7. The van der Waals surface area contributed by atoms with Gasteiger partial charge in [0.1, 0.15) is 6.61 Å². The topological polar surface area (TPSA) is 55.8 Å². The molecule has 2 rings (SSSR count). The molecule has 2 aromatic carbocycles. The summed E-state index contributed by atoms with van der Waals surface area (Å²) in [7, 11) is 1.49. The second-order valence-corrected chi connectivity index (χ2v) is 4.30. The van der Waals surface area contributed by atoms with E-state index in [1.807, 2.05) is 6.07 Å². The number of hydrogen-bond donors (Lipinski definition) is 1. The van der Waals surface area contributed by atoms with Crippen LogP contribution in [0.15, 0.2) is 54.6 Å². The zero-order valence-electron chi connectivity index (χ0n) is 11.7. The van der Waals surface area contributed by atoms with Crippen molar-refractivity contribution in [1.29, 1.82) is 0 Å². The Morgan fingerprint density at radius 1 is 1.19 bits per heavy atom. The number of aromatic hydroxyl groups is 1. The van der Waals surface area contributed by atoms with Crippen LogP contribution in [0.25, 0.3) is 6.08 Å². The molecule has 0 saturated heterocycles. The molecule has 0 radical (unpaired) electrons. The highest BCUT2D eigenvalue weighted by atomic mass is 16.5. The van der Waals surface area contributed by atoms with Crippen LogP contribution in [0, 0.1) is 0 Å². The van der Waals surface area contributed by atoms with E-state index in [-0.39, 0.29) is 18.3 Å². The van der Waals surface area contributed by atoms with E-state index in [4.69, 9.17) is 9.47 Å². The maximum Gasteiger partial charge on any atom is 0.338 e. The lowest BCUT2D eigenvalue weighted by Gasteiger charge is -2.04. The molecule has 0 aromatic heterocycles. The Balaban J connectivity index is 1.90. The summed E-state index contributed by atoms with van der Waals surface area (Å²) in [5, 5.41) is 9.49. The molecule has 4 heteroatoms. The van der Waals surface area contributed by atoms with Crippen molar-refractivity contribution in [3.63, 3.8) is 0 Å². The first-order valence-electron chi connectivity index (χ1n) is 6.46. The Morgan fingerprint density at radius 2 is 1.95 bits per heavy atom. The summed E-state index contributed by atoms with van der Waals surface area (Å²) in [6.45, 7) is 0.177. The predicted octanol–water partition coefficient (Wildman–Crippen LogP) is 3.27. The van der Waals surface area contributed by atoms with Gasteiger partial charge in [-0.1, -0.05) is 30.3 Å². The lowest BCUT2D eigenvalue weighted by Crippen LogP contribution is -2.04. The minimum atomic E-state index is -0.358. The van der Waals surface area contributed by atoms with Crippen molar-refractivity contribution in [2.24, 2.45) is 0 Å². The molecule has 21 heavy (non-hydrogen) atoms. The Bertz CT molecular complexity index is 632. The van der Waals surface area contributed by atoms with Crippen LogP contribution in [0.1, 0.15) is 15.9 Å². The highest BCUT2D eigenvalue weighted by Gasteiger charge is 2.04. The van der Waals surface area contributed by atoms with Crippen LogP contribution in [0.5, 0.6) is 11.5 Å². The van der Waals surface area contributed by atoms with Crippen LogP contribution >= 0.6 is 0 Å². The van der Waals surface area contributed by atoms with Gasteiger partial charge in [-0.15, -0.1) is 0 Å². The van der Waals surface area contributed by atoms with Gasteiger partial charge >= 0.3 is 5.97 Å². The zero-order valence-corrected chi connectivity index (χ0v) is 11.7. The standard InChI is InChI=1S/C17H16O4/c1-20-16-12-13(9-10-15(16)18)6-5-11-21-17(19)14-7-3-2-4-8-14/h2-10,12,18H,11H2,1H3/b6-5+. The minimum absolute atomic E-state index is 0.0881. The lowest BCUT2D eigenvalue weighted by molar-refractivity contribution is 0.0550. The van der Waals surface area contributed by atoms with Gasteiger partial charge in [0.15, 0.2) is 11.5 Å².